The quantitative estimate of drug-likeness (QED) is 0.871. The summed E-state index contributed by atoms with van der Waals surface area (Å²) in [4.78, 5) is 27.6. The number of piperidine rings is 1. The molecule has 1 unspecified atom stereocenters. The van der Waals surface area contributed by atoms with Gasteiger partial charge in [-0.1, -0.05) is 13.8 Å². The number of rotatable bonds is 2. The molecule has 128 valence electrons. The van der Waals surface area contributed by atoms with Gasteiger partial charge in [0.1, 0.15) is 0 Å². The second-order valence-electron chi connectivity index (χ2n) is 7.31. The lowest BCUT2D eigenvalue weighted by Crippen LogP contribution is -2.46. The van der Waals surface area contributed by atoms with Gasteiger partial charge in [-0.3, -0.25) is 4.79 Å². The predicted molar refractivity (Wildman–Crippen MR) is 95.6 cm³/mol. The van der Waals surface area contributed by atoms with Crippen LogP contribution in [-0.2, 0) is 6.42 Å². The van der Waals surface area contributed by atoms with Crippen LogP contribution in [0.2, 0.25) is 0 Å². The van der Waals surface area contributed by atoms with Crippen molar-refractivity contribution < 1.29 is 0 Å². The van der Waals surface area contributed by atoms with Gasteiger partial charge in [-0.05, 0) is 30.6 Å². The van der Waals surface area contributed by atoms with E-state index in [1.165, 1.54) is 4.88 Å². The third kappa shape index (κ3) is 2.38. The van der Waals surface area contributed by atoms with Crippen LogP contribution in [0.3, 0.4) is 0 Å². The van der Waals surface area contributed by atoms with E-state index < -0.39 is 0 Å². The van der Waals surface area contributed by atoms with Gasteiger partial charge in [0.25, 0.3) is 5.56 Å². The molecule has 0 bridgehead atoms. The van der Waals surface area contributed by atoms with Crippen molar-refractivity contribution in [3.8, 4) is 0 Å². The second kappa shape index (κ2) is 5.67. The Morgan fingerprint density at radius 3 is 2.75 bits per heavy atom. The molecule has 1 atom stereocenters. The van der Waals surface area contributed by atoms with Gasteiger partial charge in [-0.15, -0.1) is 11.3 Å². The minimum Gasteiger partial charge on any atom is -0.352 e. The van der Waals surface area contributed by atoms with E-state index >= 15 is 0 Å². The average molecular weight is 345 g/mol. The number of aromatic amines is 1. The zero-order valence-corrected chi connectivity index (χ0v) is 14.9. The number of anilines is 1. The summed E-state index contributed by atoms with van der Waals surface area (Å²) in [7, 11) is 0. The van der Waals surface area contributed by atoms with Gasteiger partial charge in [0.15, 0.2) is 5.82 Å². The number of hydrogen-bond donors (Lipinski definition) is 2. The number of H-pyrrole nitrogens is 1. The van der Waals surface area contributed by atoms with Crippen LogP contribution in [-0.4, -0.2) is 28.0 Å². The van der Waals surface area contributed by atoms with Gasteiger partial charge in [0.05, 0.1) is 17.2 Å². The van der Waals surface area contributed by atoms with Crippen LogP contribution in [0.1, 0.15) is 54.9 Å². The van der Waals surface area contributed by atoms with Crippen LogP contribution >= 0.6 is 11.3 Å². The van der Waals surface area contributed by atoms with Crippen molar-refractivity contribution in [3.05, 3.63) is 38.3 Å². The Kier molecular flexibility index (Phi) is 3.73. The molecule has 7 heteroatoms. The number of nitrogens with two attached hydrogens (primary N) is 1. The summed E-state index contributed by atoms with van der Waals surface area (Å²) >= 11 is 1.72. The molecule has 1 spiro atoms. The Bertz CT molecular complexity index is 803. The van der Waals surface area contributed by atoms with Crippen LogP contribution in [0.25, 0.3) is 0 Å². The maximum Gasteiger partial charge on any atom is 0.291 e. The van der Waals surface area contributed by atoms with Gasteiger partial charge < -0.3 is 15.6 Å². The molecule has 3 heterocycles. The molecule has 2 aromatic rings. The van der Waals surface area contributed by atoms with Gasteiger partial charge in [0, 0.05) is 29.9 Å². The average Bonchev–Trinajstić information content (AvgIpc) is 3.11. The fourth-order valence-corrected chi connectivity index (χ4v) is 4.93. The lowest BCUT2D eigenvalue weighted by atomic mass is 9.73. The summed E-state index contributed by atoms with van der Waals surface area (Å²) in [5.41, 5.74) is 10.4. The number of hydrogen-bond acceptors (Lipinski definition) is 6. The molecule has 4 rings (SSSR count). The monoisotopic (exact) mass is 345 g/mol. The summed E-state index contributed by atoms with van der Waals surface area (Å²) in [6, 6.07) is 0.0236. The van der Waals surface area contributed by atoms with Crippen molar-refractivity contribution >= 4 is 17.2 Å². The molecule has 0 aromatic carbocycles. The van der Waals surface area contributed by atoms with Crippen LogP contribution in [0, 0.1) is 5.41 Å². The first-order valence-corrected chi connectivity index (χ1v) is 9.40. The van der Waals surface area contributed by atoms with E-state index in [1.54, 1.807) is 17.5 Å². The molecule has 2 aliphatic rings. The van der Waals surface area contributed by atoms with Crippen LogP contribution in [0.5, 0.6) is 0 Å². The minimum atomic E-state index is -0.0892. The Hall–Kier alpha value is -1.73. The molecule has 3 N–H and O–H groups in total. The van der Waals surface area contributed by atoms with E-state index in [0.29, 0.717) is 5.82 Å². The molecule has 24 heavy (non-hydrogen) atoms. The number of nitrogens with one attached hydrogen (secondary N) is 1. The van der Waals surface area contributed by atoms with E-state index in [1.807, 2.05) is 19.4 Å². The molecular weight excluding hydrogens is 322 g/mol. The Balaban J connectivity index is 1.51. The Morgan fingerprint density at radius 1 is 1.38 bits per heavy atom. The van der Waals surface area contributed by atoms with Crippen LogP contribution in [0.15, 0.2) is 16.5 Å². The van der Waals surface area contributed by atoms with Crippen molar-refractivity contribution in [3.63, 3.8) is 0 Å². The third-order valence-corrected chi connectivity index (χ3v) is 6.46. The highest BCUT2D eigenvalue weighted by Gasteiger charge is 2.47. The highest BCUT2D eigenvalue weighted by molar-refractivity contribution is 7.09. The number of aromatic nitrogens is 3. The van der Waals surface area contributed by atoms with Crippen molar-refractivity contribution in [2.24, 2.45) is 11.1 Å². The summed E-state index contributed by atoms with van der Waals surface area (Å²) in [5.74, 6) is 0.806. The van der Waals surface area contributed by atoms with Gasteiger partial charge in [-0.2, -0.15) is 0 Å². The molecule has 2 aromatic heterocycles. The summed E-state index contributed by atoms with van der Waals surface area (Å²) < 4.78 is 0. The fraction of sp³-hybridized carbons (Fsp3) is 0.588. The van der Waals surface area contributed by atoms with Gasteiger partial charge in [-0.25, -0.2) is 9.97 Å². The first-order valence-electron chi connectivity index (χ1n) is 8.52. The van der Waals surface area contributed by atoms with E-state index in [9.17, 15) is 4.79 Å². The molecule has 0 saturated carbocycles. The van der Waals surface area contributed by atoms with Crippen molar-refractivity contribution in [1.29, 1.82) is 0 Å². The molecule has 0 radical (unpaired) electrons. The molecule has 1 aliphatic carbocycles. The normalized spacial score (nSPS) is 22.3. The fourth-order valence-electron chi connectivity index (χ4n) is 3.96. The first-order chi connectivity index (χ1) is 11.5. The lowest BCUT2D eigenvalue weighted by molar-refractivity contribution is 0.186. The molecule has 0 amide bonds. The molecule has 6 nitrogen and oxygen atoms in total. The number of fused-ring (bicyclic) bond motifs is 1. The summed E-state index contributed by atoms with van der Waals surface area (Å²) in [6.45, 7) is 5.73. The van der Waals surface area contributed by atoms with Crippen molar-refractivity contribution in [2.45, 2.75) is 45.1 Å². The number of thiazole rings is 1. The van der Waals surface area contributed by atoms with E-state index in [4.69, 9.17) is 5.73 Å². The zero-order chi connectivity index (χ0) is 16.9. The lowest BCUT2D eigenvalue weighted by Gasteiger charge is -2.42. The Morgan fingerprint density at radius 2 is 2.12 bits per heavy atom. The maximum absolute atomic E-state index is 12.4. The van der Waals surface area contributed by atoms with E-state index in [0.717, 1.165) is 43.7 Å². The summed E-state index contributed by atoms with van der Waals surface area (Å²) in [5, 5.41) is 0. The topological polar surface area (TPSA) is 87.9 Å². The predicted octanol–water partition coefficient (Wildman–Crippen LogP) is 2.19. The van der Waals surface area contributed by atoms with Crippen LogP contribution in [0.4, 0.5) is 5.82 Å². The largest absolute Gasteiger partial charge is 0.352 e. The van der Waals surface area contributed by atoms with Crippen molar-refractivity contribution in [1.82, 2.24) is 15.0 Å². The summed E-state index contributed by atoms with van der Waals surface area (Å²) in [6.07, 6.45) is 4.77. The smallest absolute Gasteiger partial charge is 0.291 e. The SMILES string of the molecule is CC(C)c1cnc(N2CCC3(CC2)Cc2scnc2C3N)c(=O)[nH]1. The second-order valence-corrected chi connectivity index (χ2v) is 8.25. The minimum absolute atomic E-state index is 0.0236. The molecule has 1 fully saturated rings. The van der Waals surface area contributed by atoms with Gasteiger partial charge >= 0.3 is 0 Å². The molecule has 1 aliphatic heterocycles. The first kappa shape index (κ1) is 15.8. The Labute approximate surface area is 145 Å². The standard InChI is InChI=1S/C17H23N5OS/c1-10(2)11-8-19-15(16(23)21-11)22-5-3-17(4-6-22)7-12-13(14(17)18)20-9-24-12/h8-10,14H,3-7,18H2,1-2H3,(H,21,23). The highest BCUT2D eigenvalue weighted by Crippen LogP contribution is 2.51. The van der Waals surface area contributed by atoms with E-state index in [2.05, 4.69) is 19.9 Å². The zero-order valence-electron chi connectivity index (χ0n) is 14.1. The molecule has 1 saturated heterocycles. The number of nitrogens with zero attached hydrogens (tertiary/aromatic N) is 3. The molecular formula is C17H23N5OS. The maximum atomic E-state index is 12.4. The highest BCUT2D eigenvalue weighted by atomic mass is 32.1. The van der Waals surface area contributed by atoms with Crippen LogP contribution < -0.4 is 16.2 Å². The van der Waals surface area contributed by atoms with Crippen molar-refractivity contribution in [2.75, 3.05) is 18.0 Å². The van der Waals surface area contributed by atoms with E-state index in [-0.39, 0.29) is 22.9 Å². The van der Waals surface area contributed by atoms with Gasteiger partial charge in [0.2, 0.25) is 0 Å². The third-order valence-electron chi connectivity index (χ3n) is 5.61.